The maximum atomic E-state index is 13.7. The summed E-state index contributed by atoms with van der Waals surface area (Å²) < 4.78 is 72.3. The van der Waals surface area contributed by atoms with Gasteiger partial charge in [-0.25, -0.2) is 4.79 Å². The van der Waals surface area contributed by atoms with Crippen molar-refractivity contribution in [3.63, 3.8) is 0 Å². The standard InChI is InChI=1S/C85H153N3O35/c1-6-8-10-12-14-16-18-20-21-22-23-24-25-26-27-29-31-33-35-37-39-41-60(99)88-52(53(96)40-38-36-34-32-30-28-19-17-15-13-11-9-7-2)48-112-80-70(107)68(105)73(58(46-92)117-80)118-82-71(108)77(65(102)56(44-90)114-82)121-79-62(87-51(5)95)76(74(59(47-93)116-79)119-81-69(106)67(104)63(100)49(3)113-81)120-83-72(109)78(66(103)57(45-91)115-83)123-85(84(110)111)42-54(97)61(86-50(4)94)75(122-85)64(101)55(98)43-89/h38,40,49,52-59,61-83,89-93,96-98,100-109H,6-37,39,41-48H2,1-5H3,(H,86,94)(H,87,95)(H,88,99)(H,110,111)/b40-38+/t49-,52-,53+,54-,55+,56+,57+,58+,59+,61+,62+,63+,64+,65-,66-,67+,68+,69-,70+,71+,72+,73+,74+,75+,76+,77-,78-,79-,80+,81-,82-,83-,85-/m0/s1. The molecule has 0 bridgehead atoms. The van der Waals surface area contributed by atoms with E-state index in [9.17, 15) is 116 Å². The first kappa shape index (κ1) is 108. The highest BCUT2D eigenvalue weighted by Gasteiger charge is 2.62. The van der Waals surface area contributed by atoms with Crippen molar-refractivity contribution in [1.29, 1.82) is 0 Å². The fourth-order valence-electron chi connectivity index (χ4n) is 16.8. The molecule has 0 spiro atoms. The van der Waals surface area contributed by atoms with Crippen molar-refractivity contribution >= 4 is 23.7 Å². The summed E-state index contributed by atoms with van der Waals surface area (Å²) in [6.07, 6.45) is -18.2. The molecule has 6 fully saturated rings. The lowest BCUT2D eigenvalue weighted by Gasteiger charge is -2.52. The van der Waals surface area contributed by atoms with Gasteiger partial charge < -0.3 is 170 Å². The van der Waals surface area contributed by atoms with Gasteiger partial charge in [0, 0.05) is 26.7 Å². The molecule has 0 aliphatic carbocycles. The Bertz CT molecular complexity index is 2930. The summed E-state index contributed by atoms with van der Waals surface area (Å²) in [5.74, 6) is -7.64. The van der Waals surface area contributed by atoms with Crippen LogP contribution in [-0.2, 0) is 76.0 Å². The molecule has 6 rings (SSSR count). The molecule has 0 radical (unpaired) electrons. The lowest BCUT2D eigenvalue weighted by atomic mass is 9.88. The number of carbonyl (C=O) groups excluding carboxylic acids is 3. The molecule has 33 atom stereocenters. The van der Waals surface area contributed by atoms with E-state index in [1.165, 1.54) is 155 Å². The minimum absolute atomic E-state index is 0.148. The van der Waals surface area contributed by atoms with Crippen molar-refractivity contribution in [2.75, 3.05) is 39.6 Å². The number of carboxylic acids is 1. The largest absolute Gasteiger partial charge is 0.477 e. The zero-order valence-electron chi connectivity index (χ0n) is 72.7. The monoisotopic (exact) mass is 1780 g/mol. The van der Waals surface area contributed by atoms with Gasteiger partial charge in [0.1, 0.15) is 134 Å². The van der Waals surface area contributed by atoms with E-state index in [1.807, 2.05) is 6.08 Å². The van der Waals surface area contributed by atoms with Crippen molar-refractivity contribution in [2.45, 2.75) is 461 Å². The predicted octanol–water partition coefficient (Wildman–Crippen LogP) is 0.150. The van der Waals surface area contributed by atoms with Crippen LogP contribution >= 0.6 is 0 Å². The average molecular weight is 1780 g/mol. The van der Waals surface area contributed by atoms with Crippen molar-refractivity contribution in [3.05, 3.63) is 12.2 Å². The first-order chi connectivity index (χ1) is 59.0. The van der Waals surface area contributed by atoms with E-state index in [-0.39, 0.29) is 12.3 Å². The molecule has 0 unspecified atom stereocenters. The third-order valence-electron chi connectivity index (χ3n) is 24.2. The summed E-state index contributed by atoms with van der Waals surface area (Å²) in [5, 5.41) is 221. The molecule has 718 valence electrons. The number of allylic oxidation sites excluding steroid dienone is 1. The number of carbonyl (C=O) groups is 4. The quantitative estimate of drug-likeness (QED) is 0.0285. The normalized spacial score (nSPS) is 35.4. The van der Waals surface area contributed by atoms with Crippen LogP contribution in [-0.4, -0.2) is 362 Å². The number of aliphatic carboxylic acids is 1. The first-order valence-corrected chi connectivity index (χ1v) is 45.5. The Morgan fingerprint density at radius 3 is 1.33 bits per heavy atom. The van der Waals surface area contributed by atoms with Gasteiger partial charge in [0.2, 0.25) is 17.7 Å². The molecular formula is C85H153N3O35. The number of aliphatic hydroxyl groups excluding tert-OH is 18. The lowest BCUT2D eigenvalue weighted by Crippen LogP contribution is -2.72. The fraction of sp³-hybridized carbons (Fsp3) is 0.929. The Morgan fingerprint density at radius 1 is 0.439 bits per heavy atom. The van der Waals surface area contributed by atoms with Crippen LogP contribution in [0.4, 0.5) is 0 Å². The minimum atomic E-state index is -3.30. The van der Waals surface area contributed by atoms with Gasteiger partial charge >= 0.3 is 5.97 Å². The van der Waals surface area contributed by atoms with Gasteiger partial charge in [-0.3, -0.25) is 14.4 Å². The van der Waals surface area contributed by atoms with E-state index < -0.39 is 266 Å². The summed E-state index contributed by atoms with van der Waals surface area (Å²) in [6.45, 7) is 1.50. The van der Waals surface area contributed by atoms with Crippen LogP contribution in [0.25, 0.3) is 0 Å². The van der Waals surface area contributed by atoms with E-state index in [0.717, 1.165) is 65.2 Å². The van der Waals surface area contributed by atoms with Crippen LogP contribution in [0, 0.1) is 0 Å². The number of hydrogen-bond donors (Lipinski definition) is 22. The topological polar surface area (TPSA) is 600 Å². The Morgan fingerprint density at radius 2 is 0.846 bits per heavy atom. The maximum absolute atomic E-state index is 13.7. The van der Waals surface area contributed by atoms with Crippen LogP contribution in [0.5, 0.6) is 0 Å². The molecule has 38 nitrogen and oxygen atoms in total. The lowest BCUT2D eigenvalue weighted by molar-refractivity contribution is -0.399. The van der Waals surface area contributed by atoms with Crippen molar-refractivity contribution in [3.8, 4) is 0 Å². The molecule has 0 aromatic heterocycles. The zero-order valence-corrected chi connectivity index (χ0v) is 72.7. The molecule has 6 aliphatic rings. The molecule has 6 aliphatic heterocycles. The van der Waals surface area contributed by atoms with E-state index >= 15 is 0 Å². The van der Waals surface area contributed by atoms with Crippen LogP contribution < -0.4 is 16.0 Å². The summed E-state index contributed by atoms with van der Waals surface area (Å²) in [5.41, 5.74) is 0. The molecule has 6 heterocycles. The SMILES string of the molecule is CCCCCCCCCCCCC/C=C/[C@@H](O)[C@H](CO[C@@H]1O[C@H](CO)[C@@H](O[C@@H]2O[C@H](CO)[C@H](O)[C@H](O[C@@H]3O[C@H](CO)[C@@H](O[C@@H]4O[C@@H](C)[C@@H](O)[C@@H](O)[C@@H]4O)[C@H](O[C@@H]4O[C@H](CO)[C@H](O)[C@H](O[C@]5(C(=O)O)C[C@H](O)[C@@H](NC(C)=O)[C@H]([C@H](O)[C@H](O)CO)O5)[C@H]4O)[C@H]3NC(C)=O)[C@H]2O)[C@H](O)[C@H]1O)NC(=O)CCCCCCCCCCCCCCCCCCCCCCC. The highest BCUT2D eigenvalue weighted by molar-refractivity contribution is 5.77. The molecular weight excluding hydrogens is 1620 g/mol. The zero-order chi connectivity index (χ0) is 90.3. The van der Waals surface area contributed by atoms with Crippen molar-refractivity contribution in [2.24, 2.45) is 0 Å². The summed E-state index contributed by atoms with van der Waals surface area (Å²) >= 11 is 0. The van der Waals surface area contributed by atoms with Gasteiger partial charge in [0.05, 0.1) is 70.0 Å². The molecule has 0 aromatic carbocycles. The fourth-order valence-corrected chi connectivity index (χ4v) is 16.8. The number of nitrogens with one attached hydrogen (secondary N) is 3. The number of hydrogen-bond acceptors (Lipinski definition) is 34. The van der Waals surface area contributed by atoms with Crippen molar-refractivity contribution < 1.29 is 173 Å². The molecule has 0 saturated carbocycles. The Labute approximate surface area is 722 Å². The molecule has 0 aromatic rings. The number of amides is 3. The molecule has 22 N–H and O–H groups in total. The summed E-state index contributed by atoms with van der Waals surface area (Å²) in [7, 11) is 0. The van der Waals surface area contributed by atoms with Gasteiger partial charge in [-0.05, 0) is 26.2 Å². The smallest absolute Gasteiger partial charge is 0.364 e. The van der Waals surface area contributed by atoms with E-state index in [1.54, 1.807) is 6.08 Å². The second kappa shape index (κ2) is 57.6. The van der Waals surface area contributed by atoms with Gasteiger partial charge in [0.15, 0.2) is 31.5 Å². The number of aliphatic hydroxyl groups is 18. The Kier molecular flexibility index (Phi) is 50.6. The van der Waals surface area contributed by atoms with E-state index in [0.29, 0.717) is 12.8 Å². The van der Waals surface area contributed by atoms with Gasteiger partial charge in [-0.15, -0.1) is 0 Å². The third-order valence-corrected chi connectivity index (χ3v) is 24.2. The highest BCUT2D eigenvalue weighted by Crippen LogP contribution is 2.41. The molecule has 123 heavy (non-hydrogen) atoms. The van der Waals surface area contributed by atoms with Crippen molar-refractivity contribution in [1.82, 2.24) is 16.0 Å². The molecule has 6 saturated heterocycles. The minimum Gasteiger partial charge on any atom is -0.477 e. The number of carboxylic acid groups (broad SMARTS) is 1. The molecule has 38 heteroatoms. The van der Waals surface area contributed by atoms with Crippen LogP contribution in [0.3, 0.4) is 0 Å². The number of rotatable bonds is 60. The predicted molar refractivity (Wildman–Crippen MR) is 437 cm³/mol. The van der Waals surface area contributed by atoms with Gasteiger partial charge in [-0.2, -0.15) is 0 Å². The van der Waals surface area contributed by atoms with Crippen LogP contribution in [0.15, 0.2) is 12.2 Å². The average Bonchev–Trinajstić information content (AvgIpc) is 0.753. The van der Waals surface area contributed by atoms with Gasteiger partial charge in [-0.1, -0.05) is 219 Å². The summed E-state index contributed by atoms with van der Waals surface area (Å²) in [4.78, 5) is 53.0. The highest BCUT2D eigenvalue weighted by atomic mass is 16.8. The second-order valence-corrected chi connectivity index (χ2v) is 34.2. The van der Waals surface area contributed by atoms with Crippen LogP contribution in [0.1, 0.15) is 259 Å². The first-order valence-electron chi connectivity index (χ1n) is 45.5. The number of unbranched alkanes of at least 4 members (excludes halogenated alkanes) is 31. The van der Waals surface area contributed by atoms with Gasteiger partial charge in [0.25, 0.3) is 5.79 Å². The Balaban J connectivity index is 1.17. The van der Waals surface area contributed by atoms with E-state index in [4.69, 9.17) is 56.8 Å². The molecule has 3 amide bonds. The Hall–Kier alpha value is -3.58. The van der Waals surface area contributed by atoms with Crippen LogP contribution in [0.2, 0.25) is 0 Å². The number of ether oxygens (including phenoxy) is 12. The third kappa shape index (κ3) is 33.6. The maximum Gasteiger partial charge on any atom is 0.364 e. The second-order valence-electron chi connectivity index (χ2n) is 34.2. The summed E-state index contributed by atoms with van der Waals surface area (Å²) in [6, 6.07) is -4.88. The van der Waals surface area contributed by atoms with E-state index in [2.05, 4.69) is 29.8 Å².